The lowest BCUT2D eigenvalue weighted by Crippen LogP contribution is -2.30. The third-order valence-corrected chi connectivity index (χ3v) is 7.71. The predicted molar refractivity (Wildman–Crippen MR) is 163 cm³/mol. The lowest BCUT2D eigenvalue weighted by Gasteiger charge is -2.25. The highest BCUT2D eigenvalue weighted by Gasteiger charge is 2.31. The molecule has 4 aromatic heterocycles. The van der Waals surface area contributed by atoms with E-state index >= 15 is 0 Å². The highest BCUT2D eigenvalue weighted by Crippen LogP contribution is 2.36. The molecule has 0 bridgehead atoms. The number of hydrogen-bond acceptors (Lipinski definition) is 11. The highest BCUT2D eigenvalue weighted by molar-refractivity contribution is 6.04. The number of carbonyl (C=O) groups excluding carboxylic acids is 2. The maximum atomic E-state index is 13.3. The van der Waals surface area contributed by atoms with Crippen molar-refractivity contribution in [1.82, 2.24) is 29.4 Å². The predicted octanol–water partition coefficient (Wildman–Crippen LogP) is 3.69. The zero-order valence-corrected chi connectivity index (χ0v) is 25.6. The van der Waals surface area contributed by atoms with Crippen LogP contribution in [0.1, 0.15) is 54.6 Å². The number of nitrogens with one attached hydrogen (secondary N) is 1. The minimum absolute atomic E-state index is 0.0203. The van der Waals surface area contributed by atoms with Gasteiger partial charge in [-0.25, -0.2) is 9.78 Å². The highest BCUT2D eigenvalue weighted by atomic mass is 16.6. The number of hydrogen-bond donors (Lipinski definition) is 1. The summed E-state index contributed by atoms with van der Waals surface area (Å²) in [4.78, 5) is 35.9. The van der Waals surface area contributed by atoms with E-state index in [-0.39, 0.29) is 24.9 Å². The van der Waals surface area contributed by atoms with Crippen LogP contribution in [-0.4, -0.2) is 94.4 Å². The van der Waals surface area contributed by atoms with Crippen molar-refractivity contribution < 1.29 is 28.5 Å². The number of esters is 1. The normalized spacial score (nSPS) is 14.3. The molecule has 0 saturated carbocycles. The topological polar surface area (TPSA) is 144 Å². The standard InChI is InChI=1S/C31H39N7O6/c1-5-20(7-9-26(43-16-14-41-3)31(40)44-17-15-42-4)28-27-25(39)10-12-32-30(27)38-29(35-28)22(19-34-38)21-6-8-23(33-18-21)24-11-13-37(2)36-24/h6,8,11,13,18-20,26,32H,5,7,9-10,12,14-17H2,1-4H3/t20?,26-/m0/s1. The van der Waals surface area contributed by atoms with Crippen molar-refractivity contribution in [3.05, 3.63) is 48.0 Å². The number of aryl methyl sites for hydroxylation is 1. The first-order valence-electron chi connectivity index (χ1n) is 14.9. The number of carbonyl (C=O) groups is 2. The van der Waals surface area contributed by atoms with Crippen LogP contribution in [0.2, 0.25) is 0 Å². The minimum atomic E-state index is -0.779. The van der Waals surface area contributed by atoms with Gasteiger partial charge in [0.1, 0.15) is 18.1 Å². The molecule has 0 radical (unpaired) electrons. The summed E-state index contributed by atoms with van der Waals surface area (Å²) in [7, 11) is 4.99. The van der Waals surface area contributed by atoms with Crippen LogP contribution in [0.15, 0.2) is 36.8 Å². The Morgan fingerprint density at radius 2 is 1.86 bits per heavy atom. The van der Waals surface area contributed by atoms with Gasteiger partial charge in [0.25, 0.3) is 0 Å². The summed E-state index contributed by atoms with van der Waals surface area (Å²) in [6, 6.07) is 5.81. The Morgan fingerprint density at radius 3 is 2.57 bits per heavy atom. The molecule has 5 heterocycles. The summed E-state index contributed by atoms with van der Waals surface area (Å²) in [5.74, 6) is 0.0870. The van der Waals surface area contributed by atoms with E-state index in [0.717, 1.165) is 22.5 Å². The van der Waals surface area contributed by atoms with Gasteiger partial charge in [-0.05, 0) is 31.4 Å². The maximum absolute atomic E-state index is 13.3. The smallest absolute Gasteiger partial charge is 0.335 e. The second-order valence-corrected chi connectivity index (χ2v) is 10.6. The average Bonchev–Trinajstić information content (AvgIpc) is 3.67. The first-order chi connectivity index (χ1) is 21.4. The Hall–Kier alpha value is -4.20. The largest absolute Gasteiger partial charge is 0.461 e. The summed E-state index contributed by atoms with van der Waals surface area (Å²) in [5, 5.41) is 12.4. The number of pyridine rings is 1. The fourth-order valence-electron chi connectivity index (χ4n) is 5.37. The first-order valence-corrected chi connectivity index (χ1v) is 14.9. The van der Waals surface area contributed by atoms with Crippen molar-refractivity contribution in [2.75, 3.05) is 52.5 Å². The quantitative estimate of drug-likeness (QED) is 0.156. The van der Waals surface area contributed by atoms with Gasteiger partial charge in [0.05, 0.1) is 43.0 Å². The average molecular weight is 606 g/mol. The SMILES string of the molecule is CCC(CC[C@H](OCCOC)C(=O)OCCOC)c1nc2c(-c3ccc(-c4ccn(C)n4)nc3)cnn2c2c1C(=O)CCN2. The second kappa shape index (κ2) is 14.5. The van der Waals surface area contributed by atoms with Crippen molar-refractivity contribution >= 4 is 23.2 Å². The van der Waals surface area contributed by atoms with E-state index in [1.54, 1.807) is 35.8 Å². The fourth-order valence-corrected chi connectivity index (χ4v) is 5.37. The number of methoxy groups -OCH3 is 2. The Balaban J connectivity index is 1.46. The van der Waals surface area contributed by atoms with Crippen LogP contribution in [-0.2, 0) is 30.8 Å². The van der Waals surface area contributed by atoms with Crippen LogP contribution in [0.3, 0.4) is 0 Å². The molecule has 0 amide bonds. The Kier molecular flexibility index (Phi) is 10.3. The molecular formula is C31H39N7O6. The van der Waals surface area contributed by atoms with Gasteiger partial charge in [0.15, 0.2) is 17.5 Å². The number of rotatable bonds is 15. The number of ketones is 1. The van der Waals surface area contributed by atoms with Crippen LogP contribution in [0, 0.1) is 0 Å². The van der Waals surface area contributed by atoms with Crippen LogP contribution in [0.25, 0.3) is 28.2 Å². The number of fused-ring (bicyclic) bond motifs is 3. The summed E-state index contributed by atoms with van der Waals surface area (Å²) < 4.78 is 24.8. The van der Waals surface area contributed by atoms with E-state index < -0.39 is 12.1 Å². The molecule has 234 valence electrons. The van der Waals surface area contributed by atoms with E-state index in [1.807, 2.05) is 31.4 Å². The second-order valence-electron chi connectivity index (χ2n) is 10.6. The number of nitrogens with zero attached hydrogens (tertiary/aromatic N) is 6. The molecule has 0 saturated heterocycles. The summed E-state index contributed by atoms with van der Waals surface area (Å²) >= 11 is 0. The molecular weight excluding hydrogens is 566 g/mol. The van der Waals surface area contributed by atoms with Gasteiger partial charge in [-0.1, -0.05) is 13.0 Å². The molecule has 5 rings (SSSR count). The molecule has 0 aliphatic carbocycles. The van der Waals surface area contributed by atoms with E-state index in [2.05, 4.69) is 27.4 Å². The Bertz CT molecular complexity index is 1580. The summed E-state index contributed by atoms with van der Waals surface area (Å²) in [5.41, 5.74) is 5.06. The van der Waals surface area contributed by atoms with Crippen molar-refractivity contribution in [3.63, 3.8) is 0 Å². The Labute approximate surface area is 255 Å². The number of anilines is 1. The van der Waals surface area contributed by atoms with E-state index in [0.29, 0.717) is 68.2 Å². The van der Waals surface area contributed by atoms with Crippen LogP contribution in [0.4, 0.5) is 5.82 Å². The lowest BCUT2D eigenvalue weighted by molar-refractivity contribution is -0.159. The Morgan fingerprint density at radius 1 is 1.05 bits per heavy atom. The molecule has 0 spiro atoms. The molecule has 4 aromatic rings. The molecule has 13 heteroatoms. The molecule has 0 fully saturated rings. The van der Waals surface area contributed by atoms with E-state index in [1.165, 1.54) is 0 Å². The van der Waals surface area contributed by atoms with Crippen molar-refractivity contribution in [1.29, 1.82) is 0 Å². The van der Waals surface area contributed by atoms with Gasteiger partial charge < -0.3 is 24.3 Å². The van der Waals surface area contributed by atoms with E-state index in [9.17, 15) is 9.59 Å². The van der Waals surface area contributed by atoms with Gasteiger partial charge in [-0.2, -0.15) is 14.7 Å². The summed E-state index contributed by atoms with van der Waals surface area (Å²) in [6.07, 6.45) is 6.65. The van der Waals surface area contributed by atoms with Crippen molar-refractivity contribution in [2.24, 2.45) is 7.05 Å². The third kappa shape index (κ3) is 6.79. The van der Waals surface area contributed by atoms with Gasteiger partial charge in [-0.15, -0.1) is 0 Å². The zero-order valence-electron chi connectivity index (χ0n) is 25.6. The van der Waals surface area contributed by atoms with Crippen molar-refractivity contribution in [3.8, 4) is 22.5 Å². The molecule has 1 unspecified atom stereocenters. The van der Waals surface area contributed by atoms with Crippen LogP contribution in [0.5, 0.6) is 0 Å². The van der Waals surface area contributed by atoms with Gasteiger partial charge in [0, 0.05) is 63.7 Å². The first kappa shape index (κ1) is 31.2. The van der Waals surface area contributed by atoms with Gasteiger partial charge in [-0.3, -0.25) is 14.5 Å². The van der Waals surface area contributed by atoms with Crippen LogP contribution < -0.4 is 5.32 Å². The fraction of sp³-hybridized carbons (Fsp3) is 0.484. The van der Waals surface area contributed by atoms with Gasteiger partial charge in [0.2, 0.25) is 0 Å². The molecule has 13 nitrogen and oxygen atoms in total. The van der Waals surface area contributed by atoms with Crippen LogP contribution >= 0.6 is 0 Å². The summed E-state index contributed by atoms with van der Waals surface area (Å²) in [6.45, 7) is 3.62. The molecule has 1 N–H and O–H groups in total. The number of Topliss-reactive ketones (excluding diaryl/α,β-unsaturated/α-hetero) is 1. The maximum Gasteiger partial charge on any atom is 0.335 e. The molecule has 0 aromatic carbocycles. The number of ether oxygens (including phenoxy) is 4. The monoisotopic (exact) mass is 605 g/mol. The molecule has 1 aliphatic heterocycles. The number of aromatic nitrogens is 6. The zero-order chi connectivity index (χ0) is 31.1. The molecule has 1 aliphatic rings. The van der Waals surface area contributed by atoms with E-state index in [4.69, 9.17) is 23.9 Å². The van der Waals surface area contributed by atoms with Crippen molar-refractivity contribution in [2.45, 2.75) is 44.6 Å². The van der Waals surface area contributed by atoms with Gasteiger partial charge >= 0.3 is 5.97 Å². The molecule has 44 heavy (non-hydrogen) atoms. The molecule has 2 atom stereocenters. The third-order valence-electron chi connectivity index (χ3n) is 7.71. The lowest BCUT2D eigenvalue weighted by atomic mass is 9.89. The minimum Gasteiger partial charge on any atom is -0.461 e.